The van der Waals surface area contributed by atoms with E-state index in [4.69, 9.17) is 23.2 Å². The molecule has 0 radical (unpaired) electrons. The van der Waals surface area contributed by atoms with E-state index in [9.17, 15) is 22.8 Å². The van der Waals surface area contributed by atoms with Gasteiger partial charge in [-0.15, -0.1) is 0 Å². The van der Waals surface area contributed by atoms with Gasteiger partial charge in [-0.3, -0.25) is 9.59 Å². The minimum atomic E-state index is -4.36. The van der Waals surface area contributed by atoms with Crippen LogP contribution in [0.1, 0.15) is 29.6 Å². The van der Waals surface area contributed by atoms with Gasteiger partial charge in [-0.05, 0) is 37.5 Å². The largest absolute Gasteiger partial charge is 0.411 e. The van der Waals surface area contributed by atoms with Gasteiger partial charge in [-0.25, -0.2) is 0 Å². The van der Waals surface area contributed by atoms with E-state index in [1.165, 1.54) is 23.1 Å². The highest BCUT2D eigenvalue weighted by Crippen LogP contribution is 2.24. The smallest absolute Gasteiger partial charge is 0.372 e. The Morgan fingerprint density at radius 1 is 1.22 bits per heavy atom. The van der Waals surface area contributed by atoms with Gasteiger partial charge in [0.2, 0.25) is 5.91 Å². The minimum Gasteiger partial charge on any atom is -0.372 e. The van der Waals surface area contributed by atoms with Gasteiger partial charge < -0.3 is 15.0 Å². The summed E-state index contributed by atoms with van der Waals surface area (Å²) in [6.07, 6.45) is -2.94. The Morgan fingerprint density at radius 3 is 2.52 bits per heavy atom. The lowest BCUT2D eigenvalue weighted by molar-refractivity contribution is -0.174. The molecule has 10 heteroatoms. The number of hydrogen-bond acceptors (Lipinski definition) is 3. The molecule has 1 heterocycles. The zero-order chi connectivity index (χ0) is 20.0. The summed E-state index contributed by atoms with van der Waals surface area (Å²) in [5.74, 6) is -0.685. The summed E-state index contributed by atoms with van der Waals surface area (Å²) in [4.78, 5) is 26.5. The van der Waals surface area contributed by atoms with E-state index >= 15 is 0 Å². The van der Waals surface area contributed by atoms with Gasteiger partial charge in [-0.1, -0.05) is 23.2 Å². The standard InChI is InChI=1S/C17H19Cl2F3N2O3/c18-12-7-11(8-13(19)9-12)16(26)24-5-1-3-14(24)15(25)23-4-2-6-27-10-17(20,21)22/h7-9,14H,1-6,10H2,(H,23,25). The number of carbonyl (C=O) groups is 2. The van der Waals surface area contributed by atoms with E-state index in [1.807, 2.05) is 0 Å². The fourth-order valence-electron chi connectivity index (χ4n) is 2.82. The van der Waals surface area contributed by atoms with Gasteiger partial charge in [0.15, 0.2) is 0 Å². The molecule has 2 amide bonds. The molecule has 2 rings (SSSR count). The second kappa shape index (κ2) is 9.61. The van der Waals surface area contributed by atoms with Gasteiger partial charge in [-0.2, -0.15) is 13.2 Å². The van der Waals surface area contributed by atoms with E-state index in [0.29, 0.717) is 35.0 Å². The van der Waals surface area contributed by atoms with Crippen molar-refractivity contribution in [2.24, 2.45) is 0 Å². The number of nitrogens with one attached hydrogen (secondary N) is 1. The maximum absolute atomic E-state index is 12.7. The molecule has 5 nitrogen and oxygen atoms in total. The molecule has 1 saturated heterocycles. The van der Waals surface area contributed by atoms with Crippen molar-refractivity contribution in [3.8, 4) is 0 Å². The van der Waals surface area contributed by atoms with Crippen LogP contribution in [-0.2, 0) is 9.53 Å². The molecule has 1 aliphatic heterocycles. The van der Waals surface area contributed by atoms with Crippen LogP contribution in [-0.4, -0.2) is 55.2 Å². The summed E-state index contributed by atoms with van der Waals surface area (Å²) >= 11 is 11.8. The number of rotatable bonds is 7. The number of halogens is 5. The van der Waals surface area contributed by atoms with Gasteiger partial charge in [0.25, 0.3) is 5.91 Å². The highest BCUT2D eigenvalue weighted by atomic mass is 35.5. The van der Waals surface area contributed by atoms with Crippen LogP contribution in [0.15, 0.2) is 18.2 Å². The number of benzene rings is 1. The third-order valence-electron chi connectivity index (χ3n) is 3.96. The highest BCUT2D eigenvalue weighted by molar-refractivity contribution is 6.35. The fraction of sp³-hybridized carbons (Fsp3) is 0.529. The predicted octanol–water partition coefficient (Wildman–Crippen LogP) is 3.68. The summed E-state index contributed by atoms with van der Waals surface area (Å²) in [6, 6.07) is 3.85. The summed E-state index contributed by atoms with van der Waals surface area (Å²) in [5.41, 5.74) is 0.299. The second-order valence-electron chi connectivity index (χ2n) is 6.13. The van der Waals surface area contributed by atoms with Crippen LogP contribution in [0.4, 0.5) is 13.2 Å². The number of nitrogens with zero attached hydrogens (tertiary/aromatic N) is 1. The van der Waals surface area contributed by atoms with Crippen LogP contribution in [0.25, 0.3) is 0 Å². The lowest BCUT2D eigenvalue weighted by Gasteiger charge is -2.24. The SMILES string of the molecule is O=C(NCCCOCC(F)(F)F)C1CCCN1C(=O)c1cc(Cl)cc(Cl)c1. The van der Waals surface area contributed by atoms with Crippen LogP contribution in [0, 0.1) is 0 Å². The Labute approximate surface area is 164 Å². The Balaban J connectivity index is 1.84. The van der Waals surface area contributed by atoms with Crippen LogP contribution >= 0.6 is 23.2 Å². The molecule has 1 aromatic rings. The summed E-state index contributed by atoms with van der Waals surface area (Å²) in [7, 11) is 0. The van der Waals surface area contributed by atoms with Crippen LogP contribution < -0.4 is 5.32 Å². The van der Waals surface area contributed by atoms with Crippen molar-refractivity contribution in [3.05, 3.63) is 33.8 Å². The van der Waals surface area contributed by atoms with Crippen LogP contribution in [0.3, 0.4) is 0 Å². The van der Waals surface area contributed by atoms with Crippen LogP contribution in [0.5, 0.6) is 0 Å². The molecule has 0 bridgehead atoms. The summed E-state index contributed by atoms with van der Waals surface area (Å²) in [5, 5.41) is 3.28. The monoisotopic (exact) mass is 426 g/mol. The van der Waals surface area contributed by atoms with Crippen molar-refractivity contribution < 1.29 is 27.5 Å². The zero-order valence-corrected chi connectivity index (χ0v) is 15.8. The first kappa shape index (κ1) is 21.8. The molecule has 1 atom stereocenters. The van der Waals surface area contributed by atoms with Crippen molar-refractivity contribution in [2.45, 2.75) is 31.5 Å². The van der Waals surface area contributed by atoms with Gasteiger partial charge in [0.05, 0.1) is 0 Å². The van der Waals surface area contributed by atoms with Crippen molar-refractivity contribution in [3.63, 3.8) is 0 Å². The fourth-order valence-corrected chi connectivity index (χ4v) is 3.34. The molecule has 150 valence electrons. The van der Waals surface area contributed by atoms with E-state index in [2.05, 4.69) is 10.1 Å². The van der Waals surface area contributed by atoms with E-state index in [0.717, 1.165) is 0 Å². The normalized spacial score (nSPS) is 17.2. The van der Waals surface area contributed by atoms with Gasteiger partial charge >= 0.3 is 6.18 Å². The highest BCUT2D eigenvalue weighted by Gasteiger charge is 2.34. The number of hydrogen-bond donors (Lipinski definition) is 1. The molecule has 0 aliphatic carbocycles. The third-order valence-corrected chi connectivity index (χ3v) is 4.39. The molecular weight excluding hydrogens is 408 g/mol. The van der Waals surface area contributed by atoms with Crippen molar-refractivity contribution in [1.29, 1.82) is 0 Å². The molecule has 1 fully saturated rings. The number of alkyl halides is 3. The Hall–Kier alpha value is -1.51. The van der Waals surface area contributed by atoms with E-state index < -0.39 is 18.8 Å². The van der Waals surface area contributed by atoms with Crippen molar-refractivity contribution in [2.75, 3.05) is 26.3 Å². The molecule has 0 aromatic heterocycles. The Bertz CT molecular complexity index is 666. The van der Waals surface area contributed by atoms with Gasteiger partial charge in [0, 0.05) is 35.3 Å². The molecule has 27 heavy (non-hydrogen) atoms. The summed E-state index contributed by atoms with van der Waals surface area (Å²) < 4.78 is 40.4. The molecule has 1 unspecified atom stereocenters. The number of likely N-dealkylation sites (tertiary alicyclic amines) is 1. The topological polar surface area (TPSA) is 58.6 Å². The maximum Gasteiger partial charge on any atom is 0.411 e. The van der Waals surface area contributed by atoms with Crippen molar-refractivity contribution in [1.82, 2.24) is 10.2 Å². The first-order valence-corrected chi connectivity index (χ1v) is 9.12. The van der Waals surface area contributed by atoms with E-state index in [1.54, 1.807) is 0 Å². The second-order valence-corrected chi connectivity index (χ2v) is 7.00. The lowest BCUT2D eigenvalue weighted by atomic mass is 10.1. The Kier molecular flexibility index (Phi) is 7.76. The average molecular weight is 427 g/mol. The predicted molar refractivity (Wildman–Crippen MR) is 95.0 cm³/mol. The number of carbonyl (C=O) groups excluding carboxylic acids is 2. The molecule has 1 N–H and O–H groups in total. The maximum atomic E-state index is 12.7. The number of amides is 2. The molecule has 1 aliphatic rings. The average Bonchev–Trinajstić information content (AvgIpc) is 3.05. The first-order chi connectivity index (χ1) is 12.7. The summed E-state index contributed by atoms with van der Waals surface area (Å²) in [6.45, 7) is -0.837. The van der Waals surface area contributed by atoms with Crippen LogP contribution in [0.2, 0.25) is 10.0 Å². The zero-order valence-electron chi connectivity index (χ0n) is 14.3. The van der Waals surface area contributed by atoms with E-state index in [-0.39, 0.29) is 31.4 Å². The molecule has 1 aromatic carbocycles. The van der Waals surface area contributed by atoms with Gasteiger partial charge in [0.1, 0.15) is 12.6 Å². The molecule has 0 spiro atoms. The third kappa shape index (κ3) is 6.86. The quantitative estimate of drug-likeness (QED) is 0.676. The van der Waals surface area contributed by atoms with Crippen molar-refractivity contribution >= 4 is 35.0 Å². The first-order valence-electron chi connectivity index (χ1n) is 8.36. The lowest BCUT2D eigenvalue weighted by Crippen LogP contribution is -2.46. The molecular formula is C17H19Cl2F3N2O3. The molecule has 0 saturated carbocycles. The minimum absolute atomic E-state index is 0.117. The Morgan fingerprint density at radius 2 is 1.89 bits per heavy atom. The number of ether oxygens (including phenoxy) is 1.